The van der Waals surface area contributed by atoms with Crippen LogP contribution in [0.1, 0.15) is 43.7 Å². The number of thiazole rings is 1. The molecule has 1 aliphatic rings. The van der Waals surface area contributed by atoms with E-state index >= 15 is 0 Å². The van der Waals surface area contributed by atoms with Crippen LogP contribution in [0.15, 0.2) is 80.6 Å². The first-order valence-electron chi connectivity index (χ1n) is 13.2. The highest BCUT2D eigenvalue weighted by molar-refractivity contribution is 7.07. The quantitative estimate of drug-likeness (QED) is 0.151. The molecule has 0 bridgehead atoms. The highest BCUT2D eigenvalue weighted by atomic mass is 32.1. The normalized spacial score (nSPS) is 14.7. The van der Waals surface area contributed by atoms with Crippen LogP contribution in [0.3, 0.4) is 0 Å². The number of rotatable bonds is 10. The van der Waals surface area contributed by atoms with Gasteiger partial charge in [-0.05, 0) is 50.6 Å². The number of nitrogens with zero attached hydrogens (tertiary/aromatic N) is 3. The van der Waals surface area contributed by atoms with Gasteiger partial charge in [0.05, 0.1) is 46.1 Å². The molecule has 0 saturated heterocycles. The molecule has 0 unspecified atom stereocenters. The van der Waals surface area contributed by atoms with Gasteiger partial charge in [-0.15, -0.1) is 0 Å². The summed E-state index contributed by atoms with van der Waals surface area (Å²) in [4.78, 5) is 43.1. The lowest BCUT2D eigenvalue weighted by Gasteiger charge is -2.20. The smallest absolute Gasteiger partial charge is 0.338 e. The van der Waals surface area contributed by atoms with Crippen LogP contribution < -0.4 is 24.4 Å². The van der Waals surface area contributed by atoms with Gasteiger partial charge >= 0.3 is 5.97 Å². The van der Waals surface area contributed by atoms with Crippen molar-refractivity contribution in [2.45, 2.75) is 33.4 Å². The molecule has 0 aliphatic carbocycles. The van der Waals surface area contributed by atoms with Crippen molar-refractivity contribution in [3.63, 3.8) is 0 Å². The third-order valence-electron chi connectivity index (χ3n) is 6.47. The largest absolute Gasteiger partial charge is 0.490 e. The SMILES string of the molecule is CCOC(=O)C1=C(C)n2c(s/c(=C\c3cc(OCC)c(OCc4ccccc4)cc3[N+](=O)[O-])c2=O)=N[C@@H]1c1ccco1. The average molecular weight is 590 g/mol. The summed E-state index contributed by atoms with van der Waals surface area (Å²) in [5.41, 5.74) is 0.819. The number of esters is 1. The fourth-order valence-electron chi connectivity index (χ4n) is 4.57. The first-order valence-corrected chi connectivity index (χ1v) is 14.0. The highest BCUT2D eigenvalue weighted by Gasteiger charge is 2.33. The number of benzene rings is 2. The number of nitro benzene ring substituents is 1. The third-order valence-corrected chi connectivity index (χ3v) is 7.45. The maximum Gasteiger partial charge on any atom is 0.338 e. The summed E-state index contributed by atoms with van der Waals surface area (Å²) in [7, 11) is 0. The summed E-state index contributed by atoms with van der Waals surface area (Å²) in [6.07, 6.45) is 2.90. The van der Waals surface area contributed by atoms with Gasteiger partial charge in [-0.3, -0.25) is 19.5 Å². The molecular weight excluding hydrogens is 562 g/mol. The lowest BCUT2D eigenvalue weighted by Crippen LogP contribution is -2.35. The maximum atomic E-state index is 13.6. The van der Waals surface area contributed by atoms with Crippen molar-refractivity contribution in [1.82, 2.24) is 4.57 Å². The third kappa shape index (κ3) is 5.61. The molecule has 1 aliphatic heterocycles. The van der Waals surface area contributed by atoms with Gasteiger partial charge in [-0.25, -0.2) is 9.79 Å². The number of carbonyl (C=O) groups is 1. The molecule has 216 valence electrons. The summed E-state index contributed by atoms with van der Waals surface area (Å²) in [5, 5.41) is 12.1. The lowest BCUT2D eigenvalue weighted by molar-refractivity contribution is -0.385. The Bertz CT molecular complexity index is 1840. The lowest BCUT2D eigenvalue weighted by atomic mass is 10.0. The molecule has 2 aromatic heterocycles. The van der Waals surface area contributed by atoms with Crippen molar-refractivity contribution in [3.05, 3.63) is 113 Å². The van der Waals surface area contributed by atoms with E-state index in [4.69, 9.17) is 18.6 Å². The molecule has 4 aromatic rings. The second-order valence-corrected chi connectivity index (χ2v) is 10.1. The maximum absolute atomic E-state index is 13.6. The molecule has 0 spiro atoms. The summed E-state index contributed by atoms with van der Waals surface area (Å²) in [5.74, 6) is 0.312. The number of furan rings is 1. The van der Waals surface area contributed by atoms with E-state index in [2.05, 4.69) is 4.99 Å². The van der Waals surface area contributed by atoms with Gasteiger partial charge in [0, 0.05) is 5.70 Å². The second-order valence-electron chi connectivity index (χ2n) is 9.12. The number of nitro groups is 1. The van der Waals surface area contributed by atoms with Crippen LogP contribution in [0.2, 0.25) is 0 Å². The summed E-state index contributed by atoms with van der Waals surface area (Å²) in [6, 6.07) is 14.7. The zero-order valence-corrected chi connectivity index (χ0v) is 23.9. The molecule has 0 saturated carbocycles. The molecule has 0 fully saturated rings. The number of carbonyl (C=O) groups excluding carboxylic acids is 1. The van der Waals surface area contributed by atoms with Gasteiger partial charge in [0.15, 0.2) is 16.3 Å². The summed E-state index contributed by atoms with van der Waals surface area (Å²) >= 11 is 1.05. The van der Waals surface area contributed by atoms with Crippen LogP contribution in [0.5, 0.6) is 11.5 Å². The number of allylic oxidation sites excluding steroid dienone is 1. The first-order chi connectivity index (χ1) is 20.3. The van der Waals surface area contributed by atoms with Crippen molar-refractivity contribution in [2.24, 2.45) is 4.99 Å². The van der Waals surface area contributed by atoms with Gasteiger partial charge in [-0.2, -0.15) is 0 Å². The Labute approximate surface area is 243 Å². The van der Waals surface area contributed by atoms with E-state index in [0.29, 0.717) is 28.6 Å². The molecule has 3 heterocycles. The van der Waals surface area contributed by atoms with Crippen molar-refractivity contribution in [3.8, 4) is 11.5 Å². The standard InChI is InChI=1S/C30H27N3O8S/c1-4-38-23-14-20(21(33(36)37)16-24(23)41-17-19-10-7-6-8-11-19)15-25-28(34)32-18(3)26(29(35)39-5-2)27(31-30(32)42-25)22-12-9-13-40-22/h6-16,27H,4-5,17H2,1-3H3/b25-15-/t27-/m1/s1. The number of hydrogen-bond acceptors (Lipinski definition) is 10. The highest BCUT2D eigenvalue weighted by Crippen LogP contribution is 2.36. The Hall–Kier alpha value is -4.97. The Kier molecular flexibility index (Phi) is 8.34. The average Bonchev–Trinajstić information content (AvgIpc) is 3.61. The van der Waals surface area contributed by atoms with Crippen LogP contribution in [-0.2, 0) is 16.1 Å². The monoisotopic (exact) mass is 589 g/mol. The Morgan fingerprint density at radius 1 is 1.12 bits per heavy atom. The van der Waals surface area contributed by atoms with E-state index in [0.717, 1.165) is 16.9 Å². The zero-order chi connectivity index (χ0) is 29.8. The molecule has 2 aromatic carbocycles. The van der Waals surface area contributed by atoms with Gasteiger partial charge in [0.1, 0.15) is 18.4 Å². The summed E-state index contributed by atoms with van der Waals surface area (Å²) in [6.45, 7) is 5.73. The van der Waals surface area contributed by atoms with Crippen LogP contribution >= 0.6 is 11.3 Å². The van der Waals surface area contributed by atoms with Gasteiger partial charge in [-0.1, -0.05) is 41.7 Å². The van der Waals surface area contributed by atoms with Gasteiger partial charge < -0.3 is 18.6 Å². The molecular formula is C30H27N3O8S. The fourth-order valence-corrected chi connectivity index (χ4v) is 5.60. The Morgan fingerprint density at radius 2 is 1.88 bits per heavy atom. The molecule has 0 N–H and O–H groups in total. The van der Waals surface area contributed by atoms with Crippen LogP contribution in [0.25, 0.3) is 11.8 Å². The molecule has 0 amide bonds. The first kappa shape index (κ1) is 28.6. The molecule has 11 nitrogen and oxygen atoms in total. The molecule has 1 atom stereocenters. The fraction of sp³-hybridized carbons (Fsp3) is 0.233. The topological polar surface area (TPSA) is 135 Å². The zero-order valence-electron chi connectivity index (χ0n) is 23.1. The molecule has 42 heavy (non-hydrogen) atoms. The predicted molar refractivity (Wildman–Crippen MR) is 155 cm³/mol. The Balaban J connectivity index is 1.64. The minimum atomic E-state index is -0.815. The van der Waals surface area contributed by atoms with E-state index in [1.54, 1.807) is 32.9 Å². The van der Waals surface area contributed by atoms with Gasteiger partial charge in [0.25, 0.3) is 11.2 Å². The number of aromatic nitrogens is 1. The van der Waals surface area contributed by atoms with E-state index in [1.807, 2.05) is 30.3 Å². The van der Waals surface area contributed by atoms with E-state index in [-0.39, 0.29) is 40.3 Å². The van der Waals surface area contributed by atoms with Crippen molar-refractivity contribution in [2.75, 3.05) is 13.2 Å². The van der Waals surface area contributed by atoms with E-state index < -0.39 is 22.5 Å². The van der Waals surface area contributed by atoms with Crippen molar-refractivity contribution < 1.29 is 28.3 Å². The second kappa shape index (κ2) is 12.3. The van der Waals surface area contributed by atoms with Crippen LogP contribution in [0.4, 0.5) is 5.69 Å². The predicted octanol–water partition coefficient (Wildman–Crippen LogP) is 4.39. The van der Waals surface area contributed by atoms with Crippen molar-refractivity contribution in [1.29, 1.82) is 0 Å². The molecule has 0 radical (unpaired) electrons. The minimum Gasteiger partial charge on any atom is -0.490 e. The van der Waals surface area contributed by atoms with E-state index in [1.165, 1.54) is 29.0 Å². The van der Waals surface area contributed by atoms with E-state index in [9.17, 15) is 19.7 Å². The number of hydrogen-bond donors (Lipinski definition) is 0. The molecule has 12 heteroatoms. The van der Waals surface area contributed by atoms with Crippen molar-refractivity contribution >= 4 is 34.8 Å². The van der Waals surface area contributed by atoms with Gasteiger partial charge in [0.2, 0.25) is 0 Å². The molecule has 5 rings (SSSR count). The summed E-state index contributed by atoms with van der Waals surface area (Å²) < 4.78 is 23.9. The number of ether oxygens (including phenoxy) is 3. The Morgan fingerprint density at radius 3 is 2.55 bits per heavy atom. The van der Waals surface area contributed by atoms with Crippen LogP contribution in [-0.4, -0.2) is 28.7 Å². The number of fused-ring (bicyclic) bond motifs is 1. The minimum absolute atomic E-state index is 0.141. The van der Waals surface area contributed by atoms with Crippen LogP contribution in [0, 0.1) is 10.1 Å².